The van der Waals surface area contributed by atoms with Crippen molar-refractivity contribution in [2.24, 2.45) is 0 Å². The lowest BCUT2D eigenvalue weighted by molar-refractivity contribution is 0.185. The number of nitrogen functional groups attached to an aromatic ring is 1. The van der Waals surface area contributed by atoms with Gasteiger partial charge in [0.05, 0.1) is 11.6 Å². The van der Waals surface area contributed by atoms with Crippen molar-refractivity contribution in [3.05, 3.63) is 34.8 Å². The molecule has 0 bridgehead atoms. The van der Waals surface area contributed by atoms with Gasteiger partial charge in [-0.3, -0.25) is 0 Å². The highest BCUT2D eigenvalue weighted by atomic mass is 32.1. The molecule has 16 heavy (non-hydrogen) atoms. The number of rotatable bonds is 3. The van der Waals surface area contributed by atoms with Gasteiger partial charge in [0.15, 0.2) is 0 Å². The first-order valence-corrected chi connectivity index (χ1v) is 5.83. The van der Waals surface area contributed by atoms with Gasteiger partial charge in [-0.25, -0.2) is 4.98 Å². The van der Waals surface area contributed by atoms with Crippen LogP contribution >= 0.6 is 11.3 Å². The van der Waals surface area contributed by atoms with E-state index in [1.54, 1.807) is 7.11 Å². The summed E-state index contributed by atoms with van der Waals surface area (Å²) in [6.07, 6.45) is 0. The van der Waals surface area contributed by atoms with Gasteiger partial charge < -0.3 is 10.5 Å². The third kappa shape index (κ3) is 2.23. The molecule has 0 saturated carbocycles. The summed E-state index contributed by atoms with van der Waals surface area (Å²) in [7, 11) is 1.69. The van der Waals surface area contributed by atoms with Gasteiger partial charge in [-0.2, -0.15) is 0 Å². The normalized spacial score (nSPS) is 10.6. The fourth-order valence-electron chi connectivity index (χ4n) is 1.58. The topological polar surface area (TPSA) is 48.1 Å². The molecule has 2 aromatic rings. The second-order valence-electron chi connectivity index (χ2n) is 3.58. The lowest BCUT2D eigenvalue weighted by Crippen LogP contribution is -1.89. The third-order valence-corrected chi connectivity index (χ3v) is 3.10. The highest BCUT2D eigenvalue weighted by Crippen LogP contribution is 2.30. The molecule has 0 amide bonds. The van der Waals surface area contributed by atoms with E-state index in [9.17, 15) is 0 Å². The van der Waals surface area contributed by atoms with Gasteiger partial charge in [-0.05, 0) is 12.5 Å². The van der Waals surface area contributed by atoms with Crippen LogP contribution < -0.4 is 5.73 Å². The molecule has 3 nitrogen and oxygen atoms in total. The number of nitrogens with zero attached hydrogens (tertiary/aromatic N) is 1. The Morgan fingerprint density at radius 2 is 2.00 bits per heavy atom. The van der Waals surface area contributed by atoms with E-state index in [2.05, 4.69) is 4.98 Å². The van der Waals surface area contributed by atoms with Crippen molar-refractivity contribution in [3.63, 3.8) is 0 Å². The number of anilines is 1. The average molecular weight is 234 g/mol. The highest BCUT2D eigenvalue weighted by molar-refractivity contribution is 7.16. The number of hydrogen-bond donors (Lipinski definition) is 1. The van der Waals surface area contributed by atoms with Crippen LogP contribution in [0, 0.1) is 6.92 Å². The maximum absolute atomic E-state index is 5.90. The van der Waals surface area contributed by atoms with E-state index in [1.165, 1.54) is 11.3 Å². The van der Waals surface area contributed by atoms with E-state index >= 15 is 0 Å². The van der Waals surface area contributed by atoms with Crippen molar-refractivity contribution in [1.29, 1.82) is 0 Å². The van der Waals surface area contributed by atoms with Gasteiger partial charge in [0.25, 0.3) is 0 Å². The minimum absolute atomic E-state index is 0.631. The fourth-order valence-corrected chi connectivity index (χ4v) is 2.29. The maximum atomic E-state index is 5.90. The molecule has 4 heteroatoms. The first kappa shape index (κ1) is 11.1. The van der Waals surface area contributed by atoms with Crippen molar-refractivity contribution < 1.29 is 4.74 Å². The van der Waals surface area contributed by atoms with Gasteiger partial charge in [0, 0.05) is 12.7 Å². The van der Waals surface area contributed by atoms with Crippen LogP contribution in [0.15, 0.2) is 24.3 Å². The Bertz CT molecular complexity index is 476. The number of thiazole rings is 1. The molecule has 0 aliphatic carbocycles. The summed E-state index contributed by atoms with van der Waals surface area (Å²) in [5.74, 6) is 0. The summed E-state index contributed by atoms with van der Waals surface area (Å²) in [6, 6.07) is 8.12. The van der Waals surface area contributed by atoms with Gasteiger partial charge in [0.1, 0.15) is 10.7 Å². The predicted molar refractivity (Wildman–Crippen MR) is 67.4 cm³/mol. The Hall–Kier alpha value is -1.39. The number of aromatic nitrogens is 1. The Morgan fingerprint density at radius 3 is 2.50 bits per heavy atom. The minimum Gasteiger partial charge on any atom is -0.389 e. The lowest BCUT2D eigenvalue weighted by Gasteiger charge is -2.02. The summed E-state index contributed by atoms with van der Waals surface area (Å²) >= 11 is 1.52. The Kier molecular flexibility index (Phi) is 3.22. The third-order valence-electron chi connectivity index (χ3n) is 2.30. The maximum Gasteiger partial charge on any atom is 0.114 e. The van der Waals surface area contributed by atoms with Crippen molar-refractivity contribution in [1.82, 2.24) is 4.98 Å². The Balaban J connectivity index is 2.31. The van der Waals surface area contributed by atoms with Crippen molar-refractivity contribution in [3.8, 4) is 11.3 Å². The van der Waals surface area contributed by atoms with Gasteiger partial charge in [-0.1, -0.05) is 24.3 Å². The zero-order valence-electron chi connectivity index (χ0n) is 9.36. The molecule has 0 fully saturated rings. The number of methoxy groups -OCH3 is 1. The fraction of sp³-hybridized carbons (Fsp3) is 0.250. The highest BCUT2D eigenvalue weighted by Gasteiger charge is 2.07. The van der Waals surface area contributed by atoms with Crippen LogP contribution in [0.5, 0.6) is 0 Å². The van der Waals surface area contributed by atoms with E-state index < -0.39 is 0 Å². The van der Waals surface area contributed by atoms with E-state index in [-0.39, 0.29) is 0 Å². The van der Waals surface area contributed by atoms with Crippen LogP contribution in [0.2, 0.25) is 0 Å². The molecule has 0 atom stereocenters. The first-order valence-electron chi connectivity index (χ1n) is 5.02. The largest absolute Gasteiger partial charge is 0.389 e. The number of aryl methyl sites for hydroxylation is 1. The second kappa shape index (κ2) is 4.63. The van der Waals surface area contributed by atoms with Crippen LogP contribution in [0.4, 0.5) is 5.00 Å². The molecule has 1 aromatic carbocycles. The van der Waals surface area contributed by atoms with Gasteiger partial charge in [-0.15, -0.1) is 11.3 Å². The molecule has 2 rings (SSSR count). The molecule has 84 valence electrons. The van der Waals surface area contributed by atoms with E-state index in [0.717, 1.165) is 26.8 Å². The monoisotopic (exact) mass is 234 g/mol. The van der Waals surface area contributed by atoms with Crippen LogP contribution in [0.3, 0.4) is 0 Å². The van der Waals surface area contributed by atoms with Crippen molar-refractivity contribution in [2.45, 2.75) is 13.5 Å². The zero-order chi connectivity index (χ0) is 11.5. The van der Waals surface area contributed by atoms with Crippen molar-refractivity contribution >= 4 is 16.3 Å². The Morgan fingerprint density at radius 1 is 1.31 bits per heavy atom. The number of nitrogens with two attached hydrogens (primary N) is 1. The molecule has 0 spiro atoms. The van der Waals surface area contributed by atoms with Gasteiger partial charge in [0.2, 0.25) is 0 Å². The number of ether oxygens (including phenoxy) is 1. The van der Waals surface area contributed by atoms with Crippen LogP contribution in [-0.2, 0) is 11.3 Å². The quantitative estimate of drug-likeness (QED) is 0.888. The van der Waals surface area contributed by atoms with E-state index in [4.69, 9.17) is 10.5 Å². The molecular weight excluding hydrogens is 220 g/mol. The summed E-state index contributed by atoms with van der Waals surface area (Å²) < 4.78 is 5.06. The summed E-state index contributed by atoms with van der Waals surface area (Å²) in [6.45, 7) is 2.59. The molecule has 0 radical (unpaired) electrons. The van der Waals surface area contributed by atoms with E-state index in [1.807, 2.05) is 31.2 Å². The predicted octanol–water partition coefficient (Wildman–Crippen LogP) is 2.85. The summed E-state index contributed by atoms with van der Waals surface area (Å²) in [5, 5.41) is 1.77. The molecule has 2 N–H and O–H groups in total. The van der Waals surface area contributed by atoms with Crippen LogP contribution in [-0.4, -0.2) is 12.1 Å². The summed E-state index contributed by atoms with van der Waals surface area (Å²) in [5.41, 5.74) is 8.99. The molecule has 1 heterocycles. The average Bonchev–Trinajstić information content (AvgIpc) is 2.59. The smallest absolute Gasteiger partial charge is 0.114 e. The molecule has 1 aromatic heterocycles. The molecule has 0 unspecified atom stereocenters. The Labute approximate surface area is 98.9 Å². The van der Waals surface area contributed by atoms with Crippen LogP contribution in [0.1, 0.15) is 10.6 Å². The lowest BCUT2D eigenvalue weighted by atomic mass is 10.1. The number of hydrogen-bond acceptors (Lipinski definition) is 4. The van der Waals surface area contributed by atoms with Gasteiger partial charge >= 0.3 is 0 Å². The zero-order valence-corrected chi connectivity index (χ0v) is 10.2. The molecular formula is C12H14N2OS. The molecule has 0 aliphatic heterocycles. The first-order chi connectivity index (χ1) is 7.70. The van der Waals surface area contributed by atoms with E-state index in [0.29, 0.717) is 6.61 Å². The minimum atomic E-state index is 0.631. The van der Waals surface area contributed by atoms with Crippen LogP contribution in [0.25, 0.3) is 11.3 Å². The SMILES string of the molecule is COCc1ccc(-c2nc(C)sc2N)cc1. The molecule has 0 saturated heterocycles. The molecule has 0 aliphatic rings. The van der Waals surface area contributed by atoms with Crippen molar-refractivity contribution in [2.75, 3.05) is 12.8 Å². The summed E-state index contributed by atoms with van der Waals surface area (Å²) in [4.78, 5) is 4.42. The second-order valence-corrected chi connectivity index (χ2v) is 4.81. The standard InChI is InChI=1S/C12H14N2OS/c1-8-14-11(12(13)16-8)10-5-3-9(4-6-10)7-15-2/h3-6H,7,13H2,1-2H3. The number of benzene rings is 1.